The van der Waals surface area contributed by atoms with Crippen LogP contribution >= 0.6 is 0 Å². The van der Waals surface area contributed by atoms with E-state index in [1.165, 1.54) is 35.0 Å². The van der Waals surface area contributed by atoms with E-state index in [1.807, 2.05) is 0 Å². The minimum atomic E-state index is -1.17. The van der Waals surface area contributed by atoms with Gasteiger partial charge in [-0.1, -0.05) is 49.1 Å². The molecule has 0 spiro atoms. The molecular formula is C19H28N2Si. The van der Waals surface area contributed by atoms with Gasteiger partial charge in [0, 0.05) is 22.6 Å². The topological polar surface area (TPSA) is 27.8 Å². The van der Waals surface area contributed by atoms with Gasteiger partial charge in [0.1, 0.15) is 0 Å². The first-order valence-corrected chi connectivity index (χ1v) is 12.0. The minimum absolute atomic E-state index is 0.474. The van der Waals surface area contributed by atoms with Gasteiger partial charge in [-0.25, -0.2) is 0 Å². The second kappa shape index (κ2) is 6.05. The summed E-state index contributed by atoms with van der Waals surface area (Å²) in [6.07, 6.45) is 5.92. The van der Waals surface area contributed by atoms with Gasteiger partial charge in [-0.15, -0.1) is 0 Å². The monoisotopic (exact) mass is 312 g/mol. The number of benzene rings is 1. The lowest BCUT2D eigenvalue weighted by Gasteiger charge is -2.27. The summed E-state index contributed by atoms with van der Waals surface area (Å²) in [4.78, 5) is 3.68. The average molecular weight is 313 g/mol. The first kappa shape index (κ1) is 15.6. The molecular weight excluding hydrogens is 284 g/mol. The number of hydrogen-bond donors (Lipinski definition) is 2. The van der Waals surface area contributed by atoms with E-state index >= 15 is 0 Å². The Kier molecular flexibility index (Phi) is 4.28. The van der Waals surface area contributed by atoms with Crippen molar-refractivity contribution in [1.29, 1.82) is 0 Å². The van der Waals surface area contributed by atoms with E-state index in [1.54, 1.807) is 5.20 Å². The normalized spacial score (nSPS) is 19.5. The van der Waals surface area contributed by atoms with Crippen molar-refractivity contribution in [3.8, 4) is 0 Å². The smallest absolute Gasteiger partial charge is 0.0720 e. The lowest BCUT2D eigenvalue weighted by atomic mass is 9.96. The number of para-hydroxylation sites is 1. The van der Waals surface area contributed by atoms with Gasteiger partial charge in [0.05, 0.1) is 8.07 Å². The minimum Gasteiger partial charge on any atom is -0.357 e. The molecule has 22 heavy (non-hydrogen) atoms. The van der Waals surface area contributed by atoms with Crippen molar-refractivity contribution in [1.82, 2.24) is 10.3 Å². The molecule has 2 aromatic rings. The molecule has 1 aromatic heterocycles. The van der Waals surface area contributed by atoms with E-state index in [0.29, 0.717) is 6.04 Å². The molecule has 1 aliphatic heterocycles. The molecule has 1 aliphatic rings. The maximum Gasteiger partial charge on any atom is 0.0720 e. The summed E-state index contributed by atoms with van der Waals surface area (Å²) in [5.41, 5.74) is 4.26. The van der Waals surface area contributed by atoms with Crippen molar-refractivity contribution in [3.05, 3.63) is 46.8 Å². The van der Waals surface area contributed by atoms with Crippen LogP contribution in [0.4, 0.5) is 0 Å². The second-order valence-corrected chi connectivity index (χ2v) is 12.6. The van der Waals surface area contributed by atoms with Crippen molar-refractivity contribution in [3.63, 3.8) is 0 Å². The predicted octanol–water partition coefficient (Wildman–Crippen LogP) is 4.96. The quantitative estimate of drug-likeness (QED) is 0.767. The van der Waals surface area contributed by atoms with Crippen LogP contribution in [-0.2, 0) is 6.42 Å². The van der Waals surface area contributed by atoms with Crippen LogP contribution in [0.25, 0.3) is 10.9 Å². The zero-order chi connectivity index (χ0) is 15.7. The zero-order valence-corrected chi connectivity index (χ0v) is 15.3. The van der Waals surface area contributed by atoms with Gasteiger partial charge in [0.15, 0.2) is 0 Å². The van der Waals surface area contributed by atoms with Gasteiger partial charge in [0.25, 0.3) is 0 Å². The van der Waals surface area contributed by atoms with Crippen molar-refractivity contribution in [2.24, 2.45) is 0 Å². The number of hydrogen-bond acceptors (Lipinski definition) is 1. The summed E-state index contributed by atoms with van der Waals surface area (Å²) in [5.74, 6) is 0. The van der Waals surface area contributed by atoms with Crippen molar-refractivity contribution >= 4 is 19.0 Å². The number of nitrogens with one attached hydrogen (secondary N) is 2. The molecule has 1 unspecified atom stereocenters. The maximum atomic E-state index is 3.72. The fraction of sp³-hybridized carbons (Fsp3) is 0.474. The van der Waals surface area contributed by atoms with Gasteiger partial charge in [-0.05, 0) is 44.4 Å². The Labute approximate surface area is 135 Å². The summed E-state index contributed by atoms with van der Waals surface area (Å²) in [6.45, 7) is 10.6. The molecule has 2 nitrogen and oxygen atoms in total. The van der Waals surface area contributed by atoms with Crippen molar-refractivity contribution < 1.29 is 0 Å². The number of H-pyrrole nitrogens is 1. The largest absolute Gasteiger partial charge is 0.357 e. The van der Waals surface area contributed by atoms with Crippen LogP contribution in [0.3, 0.4) is 0 Å². The van der Waals surface area contributed by atoms with E-state index in [9.17, 15) is 0 Å². The number of aromatic nitrogens is 1. The number of fused-ring (bicyclic) bond motifs is 3. The summed E-state index contributed by atoms with van der Waals surface area (Å²) in [6, 6.07) is 9.20. The Morgan fingerprint density at radius 1 is 1.27 bits per heavy atom. The van der Waals surface area contributed by atoms with Gasteiger partial charge < -0.3 is 10.3 Å². The van der Waals surface area contributed by atoms with Gasteiger partial charge in [-0.2, -0.15) is 0 Å². The van der Waals surface area contributed by atoms with Crippen LogP contribution in [0, 0.1) is 0 Å². The van der Waals surface area contributed by atoms with Crippen LogP contribution in [0.2, 0.25) is 19.6 Å². The molecule has 0 saturated carbocycles. The van der Waals surface area contributed by atoms with Gasteiger partial charge >= 0.3 is 0 Å². The van der Waals surface area contributed by atoms with E-state index < -0.39 is 8.07 Å². The highest BCUT2D eigenvalue weighted by Gasteiger charge is 2.25. The molecule has 2 heterocycles. The molecule has 2 N–H and O–H groups in total. The summed E-state index contributed by atoms with van der Waals surface area (Å²) in [5, 5.41) is 6.83. The molecule has 0 aliphatic carbocycles. The summed E-state index contributed by atoms with van der Waals surface area (Å²) in [7, 11) is -1.17. The Morgan fingerprint density at radius 3 is 2.77 bits per heavy atom. The van der Waals surface area contributed by atoms with Gasteiger partial charge in [0.2, 0.25) is 0 Å². The Morgan fingerprint density at radius 2 is 2.05 bits per heavy atom. The fourth-order valence-electron chi connectivity index (χ4n) is 3.76. The van der Waals surface area contributed by atoms with Crippen molar-refractivity contribution in [2.45, 2.75) is 51.9 Å². The summed E-state index contributed by atoms with van der Waals surface area (Å²) >= 11 is 0. The molecule has 0 amide bonds. The molecule has 3 heteroatoms. The van der Waals surface area contributed by atoms with Crippen molar-refractivity contribution in [2.75, 3.05) is 6.54 Å². The zero-order valence-electron chi connectivity index (χ0n) is 14.3. The van der Waals surface area contributed by atoms with Gasteiger partial charge in [-0.3, -0.25) is 0 Å². The predicted molar refractivity (Wildman–Crippen MR) is 99.1 cm³/mol. The third-order valence-corrected chi connectivity index (χ3v) is 7.44. The molecule has 0 radical (unpaired) electrons. The highest BCUT2D eigenvalue weighted by molar-refractivity contribution is 6.83. The Hall–Kier alpha value is -1.32. The molecule has 3 rings (SSSR count). The Bertz CT molecular complexity index is 691. The van der Waals surface area contributed by atoms with E-state index in [0.717, 1.165) is 13.0 Å². The fourth-order valence-corrected chi connectivity index (χ4v) is 5.52. The van der Waals surface area contributed by atoms with Crippen LogP contribution < -0.4 is 5.32 Å². The maximum absolute atomic E-state index is 3.72. The average Bonchev–Trinajstić information content (AvgIpc) is 2.86. The molecule has 0 saturated heterocycles. The number of rotatable bonds is 4. The molecule has 118 valence electrons. The number of allylic oxidation sites excluding steroid dienone is 2. The van der Waals surface area contributed by atoms with Crippen LogP contribution in [-0.4, -0.2) is 19.6 Å². The lowest BCUT2D eigenvalue weighted by Crippen LogP contribution is -2.31. The molecule has 1 aromatic carbocycles. The van der Waals surface area contributed by atoms with Crippen LogP contribution in [0.1, 0.15) is 37.1 Å². The highest BCUT2D eigenvalue weighted by Crippen LogP contribution is 2.33. The third-order valence-electron chi connectivity index (χ3n) is 4.97. The van der Waals surface area contributed by atoms with E-state index in [4.69, 9.17) is 0 Å². The SMILES string of the molecule is CC=C(CCC1NCCc2c1[nH]c1ccccc21)[Si](C)(C)C. The lowest BCUT2D eigenvalue weighted by molar-refractivity contribution is 0.470. The molecule has 1 atom stereocenters. The molecule has 0 bridgehead atoms. The van der Waals surface area contributed by atoms with Crippen LogP contribution in [0.15, 0.2) is 35.5 Å². The first-order valence-electron chi connectivity index (χ1n) is 8.49. The Balaban J connectivity index is 1.83. The standard InChI is InChI=1S/C19H28N2Si/c1-5-14(22(2,3)4)10-11-18-19-16(12-13-20-18)15-8-6-7-9-17(15)21-19/h5-9,18,20-21H,10-13H2,1-4H3. The highest BCUT2D eigenvalue weighted by atomic mass is 28.3. The van der Waals surface area contributed by atoms with E-state index in [2.05, 4.69) is 67.2 Å². The third kappa shape index (κ3) is 2.92. The van der Waals surface area contributed by atoms with E-state index in [-0.39, 0.29) is 0 Å². The second-order valence-electron chi connectivity index (χ2n) is 7.42. The first-order chi connectivity index (χ1) is 10.5. The van der Waals surface area contributed by atoms with Crippen LogP contribution in [0.5, 0.6) is 0 Å². The molecule has 0 fully saturated rings. The number of aromatic amines is 1. The summed E-state index contributed by atoms with van der Waals surface area (Å²) < 4.78 is 0.